The topological polar surface area (TPSA) is 29.5 Å². The largest absolute Gasteiger partial charge is 0.508 e. The lowest BCUT2D eigenvalue weighted by atomic mass is 9.80. The number of fused-ring (bicyclic) bond motifs is 1. The fourth-order valence-corrected chi connectivity index (χ4v) is 2.68. The highest BCUT2D eigenvalue weighted by Crippen LogP contribution is 2.32. The van der Waals surface area contributed by atoms with E-state index in [0.717, 1.165) is 24.3 Å². The quantitative estimate of drug-likeness (QED) is 0.848. The zero-order chi connectivity index (χ0) is 11.5. The van der Waals surface area contributed by atoms with Crippen LogP contribution in [0.2, 0.25) is 0 Å². The SMILES string of the molecule is CCC1CCc2c(COC)cc(O)cc2C1. The Morgan fingerprint density at radius 3 is 2.94 bits per heavy atom. The second kappa shape index (κ2) is 4.88. The van der Waals surface area contributed by atoms with Crippen LogP contribution in [0.15, 0.2) is 12.1 Å². The van der Waals surface area contributed by atoms with Crippen molar-refractivity contribution in [2.75, 3.05) is 7.11 Å². The van der Waals surface area contributed by atoms with E-state index in [4.69, 9.17) is 4.74 Å². The Bertz CT molecular complexity index is 371. The Labute approximate surface area is 97.3 Å². The van der Waals surface area contributed by atoms with Crippen LogP contribution in [0.1, 0.15) is 36.5 Å². The first kappa shape index (κ1) is 11.5. The fraction of sp³-hybridized carbons (Fsp3) is 0.571. The highest BCUT2D eigenvalue weighted by Gasteiger charge is 2.20. The van der Waals surface area contributed by atoms with Crippen LogP contribution in [0.5, 0.6) is 5.75 Å². The molecule has 0 fully saturated rings. The number of hydrogen-bond donors (Lipinski definition) is 1. The van der Waals surface area contributed by atoms with Gasteiger partial charge in [-0.15, -0.1) is 0 Å². The van der Waals surface area contributed by atoms with Gasteiger partial charge < -0.3 is 9.84 Å². The molecule has 0 heterocycles. The average Bonchev–Trinajstić information content (AvgIpc) is 2.28. The van der Waals surface area contributed by atoms with E-state index in [1.54, 1.807) is 7.11 Å². The van der Waals surface area contributed by atoms with Crippen molar-refractivity contribution >= 4 is 0 Å². The maximum absolute atomic E-state index is 9.70. The van der Waals surface area contributed by atoms with Crippen molar-refractivity contribution < 1.29 is 9.84 Å². The molecule has 0 spiro atoms. The van der Waals surface area contributed by atoms with Crippen LogP contribution in [-0.2, 0) is 24.2 Å². The number of hydrogen-bond acceptors (Lipinski definition) is 2. The van der Waals surface area contributed by atoms with Gasteiger partial charge >= 0.3 is 0 Å². The molecule has 1 aliphatic carbocycles. The number of phenols is 1. The fourth-order valence-electron chi connectivity index (χ4n) is 2.68. The van der Waals surface area contributed by atoms with Crippen LogP contribution in [0.25, 0.3) is 0 Å². The molecule has 0 aromatic heterocycles. The molecule has 1 aromatic rings. The van der Waals surface area contributed by atoms with Gasteiger partial charge in [0.2, 0.25) is 0 Å². The molecule has 16 heavy (non-hydrogen) atoms. The van der Waals surface area contributed by atoms with Crippen molar-refractivity contribution in [2.24, 2.45) is 5.92 Å². The lowest BCUT2D eigenvalue weighted by Gasteiger charge is -2.25. The predicted molar refractivity (Wildman–Crippen MR) is 64.6 cm³/mol. The Morgan fingerprint density at radius 1 is 1.44 bits per heavy atom. The molecule has 0 bridgehead atoms. The average molecular weight is 220 g/mol. The van der Waals surface area contributed by atoms with Crippen LogP contribution in [0, 0.1) is 5.92 Å². The minimum Gasteiger partial charge on any atom is -0.508 e. The first-order valence-electron chi connectivity index (χ1n) is 6.07. The van der Waals surface area contributed by atoms with Gasteiger partial charge in [-0.1, -0.05) is 13.3 Å². The molecule has 88 valence electrons. The predicted octanol–water partition coefficient (Wildman–Crippen LogP) is 3.05. The van der Waals surface area contributed by atoms with Crippen molar-refractivity contribution in [2.45, 2.75) is 39.2 Å². The third kappa shape index (κ3) is 2.22. The normalized spacial score (nSPS) is 19.5. The van der Waals surface area contributed by atoms with Gasteiger partial charge in [0.25, 0.3) is 0 Å². The minimum absolute atomic E-state index is 0.377. The van der Waals surface area contributed by atoms with Gasteiger partial charge in [0.1, 0.15) is 5.75 Å². The molecular weight excluding hydrogens is 200 g/mol. The van der Waals surface area contributed by atoms with Gasteiger partial charge in [0.05, 0.1) is 6.61 Å². The summed E-state index contributed by atoms with van der Waals surface area (Å²) in [5.41, 5.74) is 3.89. The van der Waals surface area contributed by atoms with Crippen LogP contribution >= 0.6 is 0 Å². The van der Waals surface area contributed by atoms with E-state index in [1.165, 1.54) is 24.0 Å². The zero-order valence-corrected chi connectivity index (χ0v) is 10.1. The summed E-state index contributed by atoms with van der Waals surface area (Å²) in [6.45, 7) is 2.85. The summed E-state index contributed by atoms with van der Waals surface area (Å²) in [4.78, 5) is 0. The summed E-state index contributed by atoms with van der Waals surface area (Å²) in [6.07, 6.45) is 4.74. The second-order valence-corrected chi connectivity index (χ2v) is 4.69. The van der Waals surface area contributed by atoms with Gasteiger partial charge in [-0.3, -0.25) is 0 Å². The number of aromatic hydroxyl groups is 1. The van der Waals surface area contributed by atoms with E-state index in [1.807, 2.05) is 12.1 Å². The standard InChI is InChI=1S/C14H20O2/c1-3-10-4-5-14-11(6-10)7-13(15)8-12(14)9-16-2/h7-8,10,15H,3-6,9H2,1-2H3. The Morgan fingerprint density at radius 2 is 2.25 bits per heavy atom. The summed E-state index contributed by atoms with van der Waals surface area (Å²) in [5, 5.41) is 9.70. The molecule has 2 rings (SSSR count). The zero-order valence-electron chi connectivity index (χ0n) is 10.1. The highest BCUT2D eigenvalue weighted by molar-refractivity contribution is 5.43. The molecule has 1 unspecified atom stereocenters. The van der Waals surface area contributed by atoms with Crippen LogP contribution in [0.3, 0.4) is 0 Å². The third-order valence-electron chi connectivity index (χ3n) is 3.61. The molecule has 1 aliphatic rings. The van der Waals surface area contributed by atoms with Crippen LogP contribution < -0.4 is 0 Å². The van der Waals surface area contributed by atoms with E-state index in [9.17, 15) is 5.11 Å². The lowest BCUT2D eigenvalue weighted by Crippen LogP contribution is -2.15. The summed E-state index contributed by atoms with van der Waals surface area (Å²) in [7, 11) is 1.70. The number of rotatable bonds is 3. The number of phenolic OH excluding ortho intramolecular Hbond substituents is 1. The van der Waals surface area contributed by atoms with Crippen molar-refractivity contribution in [3.63, 3.8) is 0 Å². The first-order chi connectivity index (χ1) is 7.74. The van der Waals surface area contributed by atoms with E-state index in [2.05, 4.69) is 6.92 Å². The van der Waals surface area contributed by atoms with Gasteiger partial charge in [0.15, 0.2) is 0 Å². The van der Waals surface area contributed by atoms with Gasteiger partial charge in [0, 0.05) is 7.11 Å². The van der Waals surface area contributed by atoms with E-state index in [-0.39, 0.29) is 0 Å². The maximum Gasteiger partial charge on any atom is 0.116 e. The van der Waals surface area contributed by atoms with Crippen molar-refractivity contribution in [3.05, 3.63) is 28.8 Å². The second-order valence-electron chi connectivity index (χ2n) is 4.69. The molecule has 1 atom stereocenters. The third-order valence-corrected chi connectivity index (χ3v) is 3.61. The van der Waals surface area contributed by atoms with Crippen molar-refractivity contribution in [1.29, 1.82) is 0 Å². The molecule has 0 aliphatic heterocycles. The van der Waals surface area contributed by atoms with Gasteiger partial charge in [-0.2, -0.15) is 0 Å². The maximum atomic E-state index is 9.70. The summed E-state index contributed by atoms with van der Waals surface area (Å²) in [6, 6.07) is 3.77. The Balaban J connectivity index is 2.33. The molecule has 2 nitrogen and oxygen atoms in total. The smallest absolute Gasteiger partial charge is 0.116 e. The number of ether oxygens (including phenoxy) is 1. The first-order valence-corrected chi connectivity index (χ1v) is 6.07. The van der Waals surface area contributed by atoms with Gasteiger partial charge in [-0.05, 0) is 54.0 Å². The lowest BCUT2D eigenvalue weighted by molar-refractivity contribution is 0.183. The van der Waals surface area contributed by atoms with E-state index in [0.29, 0.717) is 12.4 Å². The van der Waals surface area contributed by atoms with Crippen LogP contribution in [0.4, 0.5) is 0 Å². The van der Waals surface area contributed by atoms with Crippen molar-refractivity contribution in [1.82, 2.24) is 0 Å². The Kier molecular flexibility index (Phi) is 3.49. The van der Waals surface area contributed by atoms with E-state index < -0.39 is 0 Å². The molecule has 0 radical (unpaired) electrons. The van der Waals surface area contributed by atoms with Crippen molar-refractivity contribution in [3.8, 4) is 5.75 Å². The molecule has 2 heteroatoms. The molecule has 0 amide bonds. The summed E-state index contributed by atoms with van der Waals surface area (Å²) < 4.78 is 5.19. The highest BCUT2D eigenvalue weighted by atomic mass is 16.5. The molecule has 0 saturated heterocycles. The monoisotopic (exact) mass is 220 g/mol. The number of methoxy groups -OCH3 is 1. The van der Waals surface area contributed by atoms with Crippen LogP contribution in [-0.4, -0.2) is 12.2 Å². The summed E-state index contributed by atoms with van der Waals surface area (Å²) in [5.74, 6) is 1.16. The van der Waals surface area contributed by atoms with E-state index >= 15 is 0 Å². The Hall–Kier alpha value is -1.02. The number of benzene rings is 1. The molecular formula is C14H20O2. The molecule has 1 N–H and O–H groups in total. The summed E-state index contributed by atoms with van der Waals surface area (Å²) >= 11 is 0. The van der Waals surface area contributed by atoms with Gasteiger partial charge in [-0.25, -0.2) is 0 Å². The molecule has 1 aromatic carbocycles. The molecule has 0 saturated carbocycles. The minimum atomic E-state index is 0.377.